The fraction of sp³-hybridized carbons (Fsp3) is 0.271. The van der Waals surface area contributed by atoms with E-state index in [0.29, 0.717) is 0 Å². The van der Waals surface area contributed by atoms with Crippen LogP contribution < -0.4 is 9.80 Å². The summed E-state index contributed by atoms with van der Waals surface area (Å²) in [7, 11) is 0. The van der Waals surface area contributed by atoms with E-state index >= 15 is 0 Å². The fourth-order valence-corrected chi connectivity index (χ4v) is 8.96. The highest BCUT2D eigenvalue weighted by Crippen LogP contribution is 2.49. The monoisotopic (exact) mass is 738 g/mol. The number of hydrogen-bond donors (Lipinski definition) is 0. The second-order valence-electron chi connectivity index (χ2n) is 15.1. The van der Waals surface area contributed by atoms with E-state index in [4.69, 9.17) is 23.2 Å². The number of likely N-dealkylation sites (N-methyl/N-ethyl adjacent to an activating group) is 1. The summed E-state index contributed by atoms with van der Waals surface area (Å²) < 4.78 is 2.48. The van der Waals surface area contributed by atoms with Gasteiger partial charge >= 0.3 is 0 Å². The Morgan fingerprint density at radius 1 is 0.736 bits per heavy atom. The molecule has 4 aromatic carbocycles. The molecule has 0 amide bonds. The molecule has 0 aromatic heterocycles. The summed E-state index contributed by atoms with van der Waals surface area (Å²) in [6.07, 6.45) is 16.6. The lowest BCUT2D eigenvalue weighted by Crippen LogP contribution is -2.28. The summed E-state index contributed by atoms with van der Waals surface area (Å²) in [5.41, 5.74) is 13.8. The van der Waals surface area contributed by atoms with Crippen LogP contribution in [-0.4, -0.2) is 23.4 Å². The molecule has 270 valence electrons. The molecule has 2 aliphatic heterocycles. The number of halogens is 2. The van der Waals surface area contributed by atoms with Crippen LogP contribution in [0.1, 0.15) is 71.9 Å². The molecule has 2 heterocycles. The van der Waals surface area contributed by atoms with E-state index in [9.17, 15) is 0 Å². The zero-order chi connectivity index (χ0) is 37.3. The Bertz CT molecular complexity index is 2160. The molecule has 1 aliphatic carbocycles. The maximum atomic E-state index is 6.50. The summed E-state index contributed by atoms with van der Waals surface area (Å²) in [6, 6.07) is 34.1. The topological polar surface area (TPSA) is 9.49 Å². The van der Waals surface area contributed by atoms with Crippen molar-refractivity contribution >= 4 is 51.7 Å². The highest BCUT2D eigenvalue weighted by Gasteiger charge is 2.44. The minimum atomic E-state index is -0.144. The number of para-hydroxylation sites is 2. The van der Waals surface area contributed by atoms with E-state index in [1.807, 2.05) is 12.1 Å². The Balaban J connectivity index is 1.27. The van der Waals surface area contributed by atoms with Crippen molar-refractivity contribution in [1.82, 2.24) is 0 Å². The first-order valence-electron chi connectivity index (χ1n) is 19.0. The van der Waals surface area contributed by atoms with Crippen LogP contribution in [0.5, 0.6) is 0 Å². The largest absolute Gasteiger partial charge is 0.344 e. The molecule has 0 saturated carbocycles. The van der Waals surface area contributed by atoms with E-state index in [1.54, 1.807) is 0 Å². The van der Waals surface area contributed by atoms with Crippen molar-refractivity contribution in [3.05, 3.63) is 177 Å². The molecule has 0 bridgehead atoms. The predicted octanol–water partition coefficient (Wildman–Crippen LogP) is 13.4. The number of nitrogens with zero attached hydrogens (tertiary/aromatic N) is 3. The number of anilines is 3. The van der Waals surface area contributed by atoms with Gasteiger partial charge in [0.15, 0.2) is 5.71 Å². The number of benzene rings is 4. The third-order valence-corrected chi connectivity index (χ3v) is 11.7. The lowest BCUT2D eigenvalue weighted by atomic mass is 9.80. The summed E-state index contributed by atoms with van der Waals surface area (Å²) in [5.74, 6) is 0. The van der Waals surface area contributed by atoms with Crippen molar-refractivity contribution in [2.24, 2.45) is 0 Å². The molecule has 0 N–H and O–H groups in total. The van der Waals surface area contributed by atoms with Crippen LogP contribution in [0.4, 0.5) is 22.7 Å². The van der Waals surface area contributed by atoms with Crippen molar-refractivity contribution < 1.29 is 4.58 Å². The first-order valence-corrected chi connectivity index (χ1v) is 19.7. The molecular weight excluding hydrogens is 689 g/mol. The summed E-state index contributed by atoms with van der Waals surface area (Å²) in [5, 5.41) is 1.57. The fourth-order valence-electron chi connectivity index (χ4n) is 8.61. The second kappa shape index (κ2) is 15.0. The summed E-state index contributed by atoms with van der Waals surface area (Å²) in [6.45, 7) is 15.5. The Labute approximate surface area is 326 Å². The molecule has 0 spiro atoms. The molecule has 0 saturated heterocycles. The molecule has 4 aromatic rings. The maximum Gasteiger partial charge on any atom is 0.209 e. The number of hydrogen-bond acceptors (Lipinski definition) is 2. The van der Waals surface area contributed by atoms with Crippen LogP contribution in [0.15, 0.2) is 156 Å². The minimum Gasteiger partial charge on any atom is -0.344 e. The number of rotatable bonds is 10. The zero-order valence-corrected chi connectivity index (χ0v) is 33.3. The quantitative estimate of drug-likeness (QED) is 0.150. The van der Waals surface area contributed by atoms with Gasteiger partial charge in [-0.2, -0.15) is 4.58 Å². The Hall–Kier alpha value is -4.57. The standard InChI is InChI=1S/C48H50Cl2N3/c1-7-51-42-30-28-36(49)32-40(42)47(3,4)44(51)24-16-15-18-34-26-27-35(46(34)53(38-20-11-9-12-21-38)39-22-13-10-14-23-39)19-17-25-45-48(5,6)41-33-37(50)29-31-43(41)52(45)8-2/h9-24,28-33H,7-8,25-27H2,1-6H3/q+1. The zero-order valence-electron chi connectivity index (χ0n) is 31.8. The van der Waals surface area contributed by atoms with Crippen LogP contribution in [0, 0.1) is 0 Å². The van der Waals surface area contributed by atoms with Crippen molar-refractivity contribution in [3.63, 3.8) is 0 Å². The lowest BCUT2D eigenvalue weighted by molar-refractivity contribution is -0.435. The van der Waals surface area contributed by atoms with Gasteiger partial charge in [-0.3, -0.25) is 0 Å². The Morgan fingerprint density at radius 3 is 2.00 bits per heavy atom. The highest BCUT2D eigenvalue weighted by molar-refractivity contribution is 6.31. The molecular formula is C48H50Cl2N3+. The van der Waals surface area contributed by atoms with E-state index in [-0.39, 0.29) is 10.8 Å². The summed E-state index contributed by atoms with van der Waals surface area (Å²) >= 11 is 13.0. The maximum absolute atomic E-state index is 6.50. The first kappa shape index (κ1) is 36.8. The normalized spacial score (nSPS) is 19.1. The Morgan fingerprint density at radius 2 is 1.36 bits per heavy atom. The molecule has 3 nitrogen and oxygen atoms in total. The highest BCUT2D eigenvalue weighted by atomic mass is 35.5. The molecule has 53 heavy (non-hydrogen) atoms. The van der Waals surface area contributed by atoms with Crippen LogP contribution in [0.25, 0.3) is 0 Å². The van der Waals surface area contributed by atoms with Gasteiger partial charge in [0.2, 0.25) is 5.69 Å². The van der Waals surface area contributed by atoms with Crippen molar-refractivity contribution in [1.29, 1.82) is 0 Å². The van der Waals surface area contributed by atoms with Gasteiger partial charge in [-0.25, -0.2) is 0 Å². The minimum absolute atomic E-state index is 0.104. The third-order valence-electron chi connectivity index (χ3n) is 11.3. The molecule has 5 heteroatoms. The molecule has 7 rings (SSSR count). The van der Waals surface area contributed by atoms with Gasteiger partial charge in [0.25, 0.3) is 0 Å². The van der Waals surface area contributed by atoms with Gasteiger partial charge in [-0.15, -0.1) is 0 Å². The van der Waals surface area contributed by atoms with E-state index in [2.05, 4.69) is 177 Å². The van der Waals surface area contributed by atoms with Gasteiger partial charge in [0.1, 0.15) is 6.54 Å². The molecule has 3 aliphatic rings. The van der Waals surface area contributed by atoms with Gasteiger partial charge in [0, 0.05) is 62.8 Å². The van der Waals surface area contributed by atoms with Gasteiger partial charge in [-0.1, -0.05) is 104 Å². The third kappa shape index (κ3) is 6.86. The van der Waals surface area contributed by atoms with Gasteiger partial charge in [0.05, 0.1) is 11.1 Å². The summed E-state index contributed by atoms with van der Waals surface area (Å²) in [4.78, 5) is 4.85. The SMILES string of the molecule is CCN1C(=CC=CC=C2CCC(C=CCC3=[N+](CC)c4ccc(Cl)cc4C3(C)C)=C2N(c2ccccc2)c2ccccc2)C(C)(C)c2cc(Cl)ccc21. The lowest BCUT2D eigenvalue weighted by Gasteiger charge is -2.28. The van der Waals surface area contributed by atoms with E-state index in [0.717, 1.165) is 53.8 Å². The number of allylic oxidation sites excluding steroid dienone is 9. The smallest absolute Gasteiger partial charge is 0.209 e. The van der Waals surface area contributed by atoms with E-state index < -0.39 is 0 Å². The van der Waals surface area contributed by atoms with Gasteiger partial charge in [-0.05, 0) is 118 Å². The van der Waals surface area contributed by atoms with Crippen LogP contribution in [0.2, 0.25) is 10.0 Å². The predicted molar refractivity (Wildman–Crippen MR) is 228 cm³/mol. The van der Waals surface area contributed by atoms with Crippen molar-refractivity contribution in [2.75, 3.05) is 22.9 Å². The van der Waals surface area contributed by atoms with Crippen LogP contribution in [-0.2, 0) is 10.8 Å². The van der Waals surface area contributed by atoms with Crippen LogP contribution in [0.3, 0.4) is 0 Å². The average Bonchev–Trinajstić information content (AvgIpc) is 3.72. The second-order valence-corrected chi connectivity index (χ2v) is 16.0. The van der Waals surface area contributed by atoms with Gasteiger partial charge < -0.3 is 9.80 Å². The average molecular weight is 740 g/mol. The number of fused-ring (bicyclic) bond motifs is 2. The molecule has 0 atom stereocenters. The Kier molecular flexibility index (Phi) is 10.4. The van der Waals surface area contributed by atoms with Crippen LogP contribution >= 0.6 is 23.2 Å². The first-order chi connectivity index (χ1) is 25.6. The molecule has 0 unspecified atom stereocenters. The molecule has 0 radical (unpaired) electrons. The van der Waals surface area contributed by atoms with Crippen molar-refractivity contribution in [2.45, 2.75) is 71.6 Å². The molecule has 0 fully saturated rings. The van der Waals surface area contributed by atoms with Crippen molar-refractivity contribution in [3.8, 4) is 0 Å². The van der Waals surface area contributed by atoms with E-state index in [1.165, 1.54) is 50.8 Å².